The quantitative estimate of drug-likeness (QED) is 0.450. The van der Waals surface area contributed by atoms with Crippen molar-refractivity contribution in [3.05, 3.63) is 21.0 Å². The van der Waals surface area contributed by atoms with Crippen LogP contribution in [0, 0.1) is 10.1 Å². The van der Waals surface area contributed by atoms with Crippen LogP contribution in [0.25, 0.3) is 0 Å². The van der Waals surface area contributed by atoms with Gasteiger partial charge in [-0.3, -0.25) is 14.9 Å². The Balaban J connectivity index is 3.03. The molecule has 0 radical (unpaired) electrons. The molecule has 0 atom stereocenters. The number of hydrogen-bond donors (Lipinski definition) is 0. The topological polar surface area (TPSA) is 87.3 Å². The second kappa shape index (κ2) is 6.34. The van der Waals surface area contributed by atoms with Crippen molar-refractivity contribution in [3.63, 3.8) is 0 Å². The Morgan fingerprint density at radius 2 is 2.22 bits per heavy atom. The third kappa shape index (κ3) is 3.19. The number of halogens is 1. The van der Waals surface area contributed by atoms with E-state index in [2.05, 4.69) is 5.10 Å². The van der Waals surface area contributed by atoms with Crippen LogP contribution in [-0.2, 0) is 22.5 Å². The molecular formula is C10H14ClN3O4. The van der Waals surface area contributed by atoms with Crippen LogP contribution in [-0.4, -0.2) is 27.3 Å². The predicted octanol–water partition coefficient (Wildman–Crippen LogP) is 1.96. The van der Waals surface area contributed by atoms with Crippen molar-refractivity contribution in [1.82, 2.24) is 9.78 Å². The molecule has 18 heavy (non-hydrogen) atoms. The molecule has 0 aliphatic rings. The van der Waals surface area contributed by atoms with Gasteiger partial charge in [-0.1, -0.05) is 24.9 Å². The lowest BCUT2D eigenvalue weighted by Crippen LogP contribution is -2.14. The smallest absolute Gasteiger partial charge is 0.329 e. The standard InChI is InChI=1S/C10H14ClN3O4/c1-3-5-7-9(14(16)17)10(11)13(12-7)6-8(15)18-4-2/h3-6H2,1-2H3. The Bertz CT molecular complexity index is 458. The zero-order valence-corrected chi connectivity index (χ0v) is 10.9. The lowest BCUT2D eigenvalue weighted by atomic mass is 10.2. The SMILES string of the molecule is CCCc1nn(CC(=O)OCC)c(Cl)c1[N+](=O)[O-]. The van der Waals surface area contributed by atoms with Crippen molar-refractivity contribution in [2.45, 2.75) is 33.2 Å². The van der Waals surface area contributed by atoms with Gasteiger partial charge in [0, 0.05) is 0 Å². The molecule has 0 amide bonds. The fraction of sp³-hybridized carbons (Fsp3) is 0.600. The van der Waals surface area contributed by atoms with Crippen LogP contribution in [0.2, 0.25) is 5.15 Å². The van der Waals surface area contributed by atoms with E-state index >= 15 is 0 Å². The molecule has 0 spiro atoms. The van der Waals surface area contributed by atoms with Crippen LogP contribution in [0.4, 0.5) is 5.69 Å². The van der Waals surface area contributed by atoms with Gasteiger partial charge in [0.1, 0.15) is 12.2 Å². The fourth-order valence-electron chi connectivity index (χ4n) is 1.50. The van der Waals surface area contributed by atoms with Crippen molar-refractivity contribution >= 4 is 23.3 Å². The summed E-state index contributed by atoms with van der Waals surface area (Å²) in [5, 5.41) is 14.7. The third-order valence-electron chi connectivity index (χ3n) is 2.19. The van der Waals surface area contributed by atoms with Gasteiger partial charge in [-0.25, -0.2) is 4.68 Å². The van der Waals surface area contributed by atoms with Gasteiger partial charge in [-0.05, 0) is 13.3 Å². The zero-order valence-electron chi connectivity index (χ0n) is 10.2. The summed E-state index contributed by atoms with van der Waals surface area (Å²) < 4.78 is 5.84. The number of aryl methyl sites for hydroxylation is 1. The van der Waals surface area contributed by atoms with E-state index in [1.807, 2.05) is 6.92 Å². The molecule has 0 saturated heterocycles. The molecule has 1 aromatic rings. The van der Waals surface area contributed by atoms with Gasteiger partial charge in [-0.15, -0.1) is 0 Å². The first-order valence-electron chi connectivity index (χ1n) is 5.56. The van der Waals surface area contributed by atoms with Crippen LogP contribution < -0.4 is 0 Å². The second-order valence-corrected chi connectivity index (χ2v) is 3.91. The van der Waals surface area contributed by atoms with E-state index in [0.29, 0.717) is 12.8 Å². The van der Waals surface area contributed by atoms with Gasteiger partial charge in [0.2, 0.25) is 5.15 Å². The first-order chi connectivity index (χ1) is 8.51. The normalized spacial score (nSPS) is 10.4. The molecule has 0 bridgehead atoms. The van der Waals surface area contributed by atoms with Crippen LogP contribution in [0.1, 0.15) is 26.0 Å². The highest BCUT2D eigenvalue weighted by atomic mass is 35.5. The maximum absolute atomic E-state index is 11.3. The van der Waals surface area contributed by atoms with Gasteiger partial charge in [0.15, 0.2) is 0 Å². The molecule has 0 unspecified atom stereocenters. The minimum Gasteiger partial charge on any atom is -0.465 e. The molecule has 0 aliphatic carbocycles. The van der Waals surface area contributed by atoms with Gasteiger partial charge in [-0.2, -0.15) is 5.10 Å². The highest BCUT2D eigenvalue weighted by Gasteiger charge is 2.26. The molecule has 0 fully saturated rings. The van der Waals surface area contributed by atoms with Crippen molar-refractivity contribution < 1.29 is 14.5 Å². The molecule has 8 heteroatoms. The lowest BCUT2D eigenvalue weighted by molar-refractivity contribution is -0.385. The average molecular weight is 276 g/mol. The molecule has 0 aliphatic heterocycles. The first-order valence-corrected chi connectivity index (χ1v) is 5.94. The molecule has 7 nitrogen and oxygen atoms in total. The number of ether oxygens (including phenoxy) is 1. The van der Waals surface area contributed by atoms with E-state index in [-0.39, 0.29) is 29.7 Å². The van der Waals surface area contributed by atoms with Crippen molar-refractivity contribution in [2.24, 2.45) is 0 Å². The number of carbonyl (C=O) groups is 1. The number of nitrogens with zero attached hydrogens (tertiary/aromatic N) is 3. The largest absolute Gasteiger partial charge is 0.465 e. The molecule has 1 rings (SSSR count). The van der Waals surface area contributed by atoms with Gasteiger partial charge < -0.3 is 4.74 Å². The number of hydrogen-bond acceptors (Lipinski definition) is 5. The van der Waals surface area contributed by atoms with E-state index in [0.717, 1.165) is 4.68 Å². The van der Waals surface area contributed by atoms with E-state index < -0.39 is 10.9 Å². The Morgan fingerprint density at radius 3 is 2.72 bits per heavy atom. The summed E-state index contributed by atoms with van der Waals surface area (Å²) in [5.74, 6) is -0.528. The van der Waals surface area contributed by atoms with Crippen molar-refractivity contribution in [2.75, 3.05) is 6.61 Å². The summed E-state index contributed by atoms with van der Waals surface area (Å²) in [4.78, 5) is 21.6. The number of nitro groups is 1. The summed E-state index contributed by atoms with van der Waals surface area (Å²) in [6, 6.07) is 0. The van der Waals surface area contributed by atoms with Gasteiger partial charge in [0.25, 0.3) is 0 Å². The van der Waals surface area contributed by atoms with Crippen LogP contribution in [0.15, 0.2) is 0 Å². The second-order valence-electron chi connectivity index (χ2n) is 3.56. The predicted molar refractivity (Wildman–Crippen MR) is 64.5 cm³/mol. The monoisotopic (exact) mass is 275 g/mol. The van der Waals surface area contributed by atoms with E-state index in [9.17, 15) is 14.9 Å². The van der Waals surface area contributed by atoms with E-state index in [4.69, 9.17) is 16.3 Å². The molecule has 0 aromatic carbocycles. The number of carbonyl (C=O) groups excluding carboxylic acids is 1. The van der Waals surface area contributed by atoms with Gasteiger partial charge >= 0.3 is 11.7 Å². The molecule has 0 saturated carbocycles. The maximum atomic E-state index is 11.3. The fourth-order valence-corrected chi connectivity index (χ4v) is 1.77. The average Bonchev–Trinajstić information content (AvgIpc) is 2.56. The Hall–Kier alpha value is -1.63. The maximum Gasteiger partial charge on any atom is 0.329 e. The van der Waals surface area contributed by atoms with Crippen molar-refractivity contribution in [3.8, 4) is 0 Å². The highest BCUT2D eigenvalue weighted by Crippen LogP contribution is 2.29. The minimum atomic E-state index is -0.581. The molecule has 0 N–H and O–H groups in total. The summed E-state index contributed by atoms with van der Waals surface area (Å²) in [5.41, 5.74) is 0.0552. The Kier molecular flexibility index (Phi) is 5.08. The number of esters is 1. The highest BCUT2D eigenvalue weighted by molar-refractivity contribution is 6.31. The minimum absolute atomic E-state index is 0.142. The summed E-state index contributed by atoms with van der Waals surface area (Å²) in [6.07, 6.45) is 1.14. The van der Waals surface area contributed by atoms with E-state index in [1.54, 1.807) is 6.92 Å². The van der Waals surface area contributed by atoms with Crippen LogP contribution in [0.5, 0.6) is 0 Å². The number of rotatable bonds is 6. The Labute approximate surface area is 109 Å². The summed E-state index contributed by atoms with van der Waals surface area (Å²) in [6.45, 7) is 3.56. The molecule has 1 heterocycles. The zero-order chi connectivity index (χ0) is 13.7. The van der Waals surface area contributed by atoms with E-state index in [1.165, 1.54) is 0 Å². The van der Waals surface area contributed by atoms with Crippen LogP contribution in [0.3, 0.4) is 0 Å². The molecule has 1 aromatic heterocycles. The molecular weight excluding hydrogens is 262 g/mol. The molecule has 100 valence electrons. The Morgan fingerprint density at radius 1 is 1.56 bits per heavy atom. The van der Waals surface area contributed by atoms with Crippen molar-refractivity contribution in [1.29, 1.82) is 0 Å². The summed E-state index contributed by atoms with van der Waals surface area (Å²) in [7, 11) is 0. The third-order valence-corrected chi connectivity index (χ3v) is 2.56. The summed E-state index contributed by atoms with van der Waals surface area (Å²) >= 11 is 5.86. The van der Waals surface area contributed by atoms with Gasteiger partial charge in [0.05, 0.1) is 11.5 Å². The van der Waals surface area contributed by atoms with Crippen LogP contribution >= 0.6 is 11.6 Å². The first kappa shape index (κ1) is 14.4. The number of aromatic nitrogens is 2. The lowest BCUT2D eigenvalue weighted by Gasteiger charge is -2.01.